The number of rotatable bonds is 4. The molecule has 0 aliphatic carbocycles. The predicted molar refractivity (Wildman–Crippen MR) is 126 cm³/mol. The van der Waals surface area contributed by atoms with Gasteiger partial charge in [-0.1, -0.05) is 24.3 Å². The van der Waals surface area contributed by atoms with Gasteiger partial charge in [-0.3, -0.25) is 4.79 Å². The van der Waals surface area contributed by atoms with Crippen molar-refractivity contribution in [1.82, 2.24) is 0 Å². The highest BCUT2D eigenvalue weighted by Gasteiger charge is 2.18. The Labute approximate surface area is 184 Å². The lowest BCUT2D eigenvalue weighted by Crippen LogP contribution is -2.11. The Morgan fingerprint density at radius 3 is 2.10 bits per heavy atom. The van der Waals surface area contributed by atoms with Gasteiger partial charge in [0.05, 0.1) is 12.0 Å². The summed E-state index contributed by atoms with van der Waals surface area (Å²) in [6, 6.07) is 17.7. The Bertz CT molecular complexity index is 1450. The predicted octanol–water partition coefficient (Wildman–Crippen LogP) is 4.87. The number of hydrogen-bond acceptors (Lipinski definition) is 5. The van der Waals surface area contributed by atoms with Crippen LogP contribution in [0.1, 0.15) is 11.1 Å². The zero-order valence-electron chi connectivity index (χ0n) is 17.3. The molecule has 1 heterocycles. The normalized spacial score (nSPS) is 11.6. The third kappa shape index (κ3) is 3.87. The van der Waals surface area contributed by atoms with E-state index >= 15 is 0 Å². The van der Waals surface area contributed by atoms with Gasteiger partial charge in [-0.2, -0.15) is 0 Å². The van der Waals surface area contributed by atoms with Crippen molar-refractivity contribution in [3.05, 3.63) is 82.0 Å². The number of nitrogens with two attached hydrogens (primary N) is 1. The van der Waals surface area contributed by atoms with E-state index in [1.54, 1.807) is 19.2 Å². The van der Waals surface area contributed by atoms with E-state index in [0.717, 1.165) is 37.6 Å². The molecular weight excluding hydrogens is 430 g/mol. The van der Waals surface area contributed by atoms with Crippen molar-refractivity contribution in [2.45, 2.75) is 18.7 Å². The summed E-state index contributed by atoms with van der Waals surface area (Å²) in [4.78, 5) is 14.4. The van der Waals surface area contributed by atoms with E-state index in [4.69, 9.17) is 9.88 Å². The second-order valence-electron chi connectivity index (χ2n) is 7.34. The topological polar surface area (TPSA) is 86.5 Å². The first-order valence-electron chi connectivity index (χ1n) is 9.55. The molecule has 0 aliphatic rings. The Balaban J connectivity index is 2.05. The highest BCUT2D eigenvalue weighted by Crippen LogP contribution is 2.39. The van der Waals surface area contributed by atoms with Crippen molar-refractivity contribution < 1.29 is 13.2 Å². The summed E-state index contributed by atoms with van der Waals surface area (Å²) in [5, 5.41) is 5.89. The zero-order chi connectivity index (χ0) is 22.3. The summed E-state index contributed by atoms with van der Waals surface area (Å²) < 4.78 is 29.7. The molecule has 0 atom stereocenters. The van der Waals surface area contributed by atoms with Gasteiger partial charge < -0.3 is 4.74 Å². The Hall–Kier alpha value is -3.00. The van der Waals surface area contributed by atoms with Crippen LogP contribution in [-0.4, -0.2) is 15.5 Å². The van der Waals surface area contributed by atoms with Crippen LogP contribution in [-0.2, 0) is 10.0 Å². The van der Waals surface area contributed by atoms with Gasteiger partial charge in [-0.25, -0.2) is 13.6 Å². The number of fused-ring (bicyclic) bond motifs is 1. The summed E-state index contributed by atoms with van der Waals surface area (Å²) in [6.07, 6.45) is 0. The van der Waals surface area contributed by atoms with Gasteiger partial charge in [0.15, 0.2) is 5.43 Å². The number of benzene rings is 3. The van der Waals surface area contributed by atoms with Gasteiger partial charge in [0.2, 0.25) is 10.0 Å². The minimum atomic E-state index is -3.80. The Morgan fingerprint density at radius 2 is 1.52 bits per heavy atom. The molecule has 4 rings (SSSR count). The van der Waals surface area contributed by atoms with E-state index in [2.05, 4.69) is 0 Å². The molecule has 3 aromatic carbocycles. The second-order valence-corrected chi connectivity index (χ2v) is 9.96. The van der Waals surface area contributed by atoms with E-state index in [1.807, 2.05) is 50.2 Å². The van der Waals surface area contributed by atoms with Crippen molar-refractivity contribution >= 4 is 31.4 Å². The van der Waals surface area contributed by atoms with E-state index in [9.17, 15) is 13.2 Å². The SMILES string of the molecule is COc1c(C)cc(-c2c(-c3ccc(S(N)(=O)=O)cc3)sc3ccccc3c2=O)cc1C. The third-order valence-electron chi connectivity index (χ3n) is 5.20. The highest BCUT2D eigenvalue weighted by molar-refractivity contribution is 7.89. The van der Waals surface area contributed by atoms with Crippen molar-refractivity contribution in [3.63, 3.8) is 0 Å². The third-order valence-corrected chi connectivity index (χ3v) is 7.35. The van der Waals surface area contributed by atoms with Crippen molar-refractivity contribution in [1.29, 1.82) is 0 Å². The van der Waals surface area contributed by atoms with E-state index < -0.39 is 10.0 Å². The first kappa shape index (κ1) is 21.2. The molecule has 5 nitrogen and oxygen atoms in total. The monoisotopic (exact) mass is 451 g/mol. The van der Waals surface area contributed by atoms with Crippen LogP contribution in [0.15, 0.2) is 70.4 Å². The van der Waals surface area contributed by atoms with Gasteiger partial charge in [-0.05, 0) is 72.5 Å². The summed E-state index contributed by atoms with van der Waals surface area (Å²) in [7, 11) is -2.17. The molecule has 0 amide bonds. The largest absolute Gasteiger partial charge is 0.496 e. The van der Waals surface area contributed by atoms with Crippen LogP contribution in [0.25, 0.3) is 31.7 Å². The van der Waals surface area contributed by atoms with Crippen molar-refractivity contribution in [3.8, 4) is 27.3 Å². The molecule has 0 unspecified atom stereocenters. The van der Waals surface area contributed by atoms with Gasteiger partial charge in [0.25, 0.3) is 0 Å². The number of hydrogen-bond donors (Lipinski definition) is 1. The minimum Gasteiger partial charge on any atom is -0.496 e. The molecule has 0 fully saturated rings. The summed E-state index contributed by atoms with van der Waals surface area (Å²) in [5.41, 5.74) is 3.94. The Kier molecular flexibility index (Phi) is 5.43. The molecule has 4 aromatic rings. The molecule has 0 radical (unpaired) electrons. The van der Waals surface area contributed by atoms with E-state index in [0.29, 0.717) is 10.9 Å². The van der Waals surface area contributed by atoms with Crippen LogP contribution < -0.4 is 15.3 Å². The van der Waals surface area contributed by atoms with E-state index in [-0.39, 0.29) is 10.3 Å². The number of aryl methyl sites for hydroxylation is 2. The van der Waals surface area contributed by atoms with Gasteiger partial charge in [0, 0.05) is 20.5 Å². The number of ether oxygens (including phenoxy) is 1. The fourth-order valence-electron chi connectivity index (χ4n) is 3.82. The van der Waals surface area contributed by atoms with Gasteiger partial charge in [-0.15, -0.1) is 11.3 Å². The number of primary sulfonamides is 1. The summed E-state index contributed by atoms with van der Waals surface area (Å²) in [5.74, 6) is 0.791. The zero-order valence-corrected chi connectivity index (χ0v) is 18.9. The fraction of sp³-hybridized carbons (Fsp3) is 0.125. The number of sulfonamides is 1. The lowest BCUT2D eigenvalue weighted by molar-refractivity contribution is 0.408. The molecule has 1 aromatic heterocycles. The van der Waals surface area contributed by atoms with Crippen LogP contribution in [0.5, 0.6) is 5.75 Å². The standard InChI is InChI=1S/C24H21NO4S2/c1-14-12-17(13-15(2)23(14)29-3)21-22(26)19-6-4-5-7-20(19)30-24(21)16-8-10-18(11-9-16)31(25,27)28/h4-13H,1-3H3,(H2,25,27,28). The van der Waals surface area contributed by atoms with Crippen LogP contribution in [0.4, 0.5) is 0 Å². The maximum Gasteiger partial charge on any atom is 0.238 e. The summed E-state index contributed by atoms with van der Waals surface area (Å²) >= 11 is 1.50. The lowest BCUT2D eigenvalue weighted by Gasteiger charge is -2.15. The molecule has 0 bridgehead atoms. The van der Waals surface area contributed by atoms with Crippen molar-refractivity contribution in [2.24, 2.45) is 5.14 Å². The average Bonchev–Trinajstić information content (AvgIpc) is 2.73. The van der Waals surface area contributed by atoms with Crippen LogP contribution >= 0.6 is 11.3 Å². The molecule has 0 saturated heterocycles. The average molecular weight is 452 g/mol. The molecule has 0 saturated carbocycles. The minimum absolute atomic E-state index is 0.0297. The van der Waals surface area contributed by atoms with Crippen LogP contribution in [0.2, 0.25) is 0 Å². The molecule has 158 valence electrons. The fourth-order valence-corrected chi connectivity index (χ4v) is 5.54. The maximum atomic E-state index is 13.6. The van der Waals surface area contributed by atoms with Crippen LogP contribution in [0, 0.1) is 13.8 Å². The van der Waals surface area contributed by atoms with E-state index in [1.165, 1.54) is 23.5 Å². The first-order valence-corrected chi connectivity index (χ1v) is 11.9. The molecule has 7 heteroatoms. The Morgan fingerprint density at radius 1 is 0.903 bits per heavy atom. The van der Waals surface area contributed by atoms with Crippen molar-refractivity contribution in [2.75, 3.05) is 7.11 Å². The number of methoxy groups -OCH3 is 1. The van der Waals surface area contributed by atoms with Gasteiger partial charge in [0.1, 0.15) is 5.75 Å². The molecule has 31 heavy (non-hydrogen) atoms. The maximum absolute atomic E-state index is 13.6. The quantitative estimate of drug-likeness (QED) is 0.480. The molecule has 0 aliphatic heterocycles. The molecule has 0 spiro atoms. The highest BCUT2D eigenvalue weighted by atomic mass is 32.2. The lowest BCUT2D eigenvalue weighted by atomic mass is 9.96. The first-order chi connectivity index (χ1) is 14.7. The summed E-state index contributed by atoms with van der Waals surface area (Å²) in [6.45, 7) is 3.90. The molecular formula is C24H21NO4S2. The molecule has 2 N–H and O–H groups in total. The van der Waals surface area contributed by atoms with Crippen LogP contribution in [0.3, 0.4) is 0 Å². The second kappa shape index (κ2) is 7.92. The smallest absolute Gasteiger partial charge is 0.238 e. The van der Waals surface area contributed by atoms with Gasteiger partial charge >= 0.3 is 0 Å².